The summed E-state index contributed by atoms with van der Waals surface area (Å²) in [4.78, 5) is 0. The Kier molecular flexibility index (Phi) is 6.67. The number of rotatable bonds is 8. The third-order valence-electron chi connectivity index (χ3n) is 3.09. The van der Waals surface area contributed by atoms with E-state index in [-0.39, 0.29) is 12.1 Å². The number of benzene rings is 1. The average Bonchev–Trinajstić information content (AvgIpc) is 2.44. The molecule has 0 amide bonds. The SMILES string of the molecule is CCCC(C)OCC(N)c1cc(OC)ccc1OC. The second kappa shape index (κ2) is 8.02. The molecule has 0 aliphatic carbocycles. The first kappa shape index (κ1) is 15.8. The van der Waals surface area contributed by atoms with E-state index in [0.29, 0.717) is 6.61 Å². The van der Waals surface area contributed by atoms with Crippen molar-refractivity contribution < 1.29 is 14.2 Å². The first-order valence-electron chi connectivity index (χ1n) is 6.71. The van der Waals surface area contributed by atoms with Gasteiger partial charge in [0.25, 0.3) is 0 Å². The normalized spacial score (nSPS) is 13.9. The molecule has 1 aromatic rings. The van der Waals surface area contributed by atoms with Gasteiger partial charge in [0, 0.05) is 5.56 Å². The van der Waals surface area contributed by atoms with E-state index in [0.717, 1.165) is 29.9 Å². The molecule has 1 rings (SSSR count). The van der Waals surface area contributed by atoms with E-state index >= 15 is 0 Å². The number of methoxy groups -OCH3 is 2. The number of hydrogen-bond acceptors (Lipinski definition) is 4. The van der Waals surface area contributed by atoms with Gasteiger partial charge in [-0.3, -0.25) is 0 Å². The van der Waals surface area contributed by atoms with Gasteiger partial charge in [-0.05, 0) is 31.5 Å². The van der Waals surface area contributed by atoms with E-state index in [2.05, 4.69) is 13.8 Å². The van der Waals surface area contributed by atoms with E-state index in [1.165, 1.54) is 0 Å². The molecule has 0 spiro atoms. The van der Waals surface area contributed by atoms with E-state index in [9.17, 15) is 0 Å². The molecule has 108 valence electrons. The minimum atomic E-state index is -0.218. The smallest absolute Gasteiger partial charge is 0.123 e. The highest BCUT2D eigenvalue weighted by atomic mass is 16.5. The van der Waals surface area contributed by atoms with Crippen LogP contribution in [0.15, 0.2) is 18.2 Å². The van der Waals surface area contributed by atoms with Crippen molar-refractivity contribution in [2.24, 2.45) is 5.73 Å². The molecule has 2 unspecified atom stereocenters. The van der Waals surface area contributed by atoms with Crippen molar-refractivity contribution in [2.45, 2.75) is 38.8 Å². The third kappa shape index (κ3) is 4.73. The second-order valence-electron chi connectivity index (χ2n) is 4.65. The minimum Gasteiger partial charge on any atom is -0.497 e. The summed E-state index contributed by atoms with van der Waals surface area (Å²) in [7, 11) is 3.27. The van der Waals surface area contributed by atoms with Crippen LogP contribution in [0.2, 0.25) is 0 Å². The van der Waals surface area contributed by atoms with Crippen LogP contribution >= 0.6 is 0 Å². The van der Waals surface area contributed by atoms with E-state index < -0.39 is 0 Å². The zero-order chi connectivity index (χ0) is 14.3. The molecular weight excluding hydrogens is 242 g/mol. The molecule has 0 bridgehead atoms. The van der Waals surface area contributed by atoms with Gasteiger partial charge < -0.3 is 19.9 Å². The van der Waals surface area contributed by atoms with Gasteiger partial charge >= 0.3 is 0 Å². The van der Waals surface area contributed by atoms with Crippen LogP contribution in [0.5, 0.6) is 11.5 Å². The third-order valence-corrected chi connectivity index (χ3v) is 3.09. The summed E-state index contributed by atoms with van der Waals surface area (Å²) in [5, 5.41) is 0. The minimum absolute atomic E-state index is 0.218. The maximum atomic E-state index is 6.18. The van der Waals surface area contributed by atoms with Crippen molar-refractivity contribution in [3.63, 3.8) is 0 Å². The van der Waals surface area contributed by atoms with Gasteiger partial charge in [0.1, 0.15) is 11.5 Å². The highest BCUT2D eigenvalue weighted by Gasteiger charge is 2.14. The van der Waals surface area contributed by atoms with Crippen LogP contribution in [0, 0.1) is 0 Å². The van der Waals surface area contributed by atoms with Crippen molar-refractivity contribution in [1.29, 1.82) is 0 Å². The standard InChI is InChI=1S/C15H25NO3/c1-5-6-11(2)19-10-14(16)13-9-12(17-3)7-8-15(13)18-4/h7-9,11,14H,5-6,10,16H2,1-4H3. The van der Waals surface area contributed by atoms with Gasteiger partial charge in [-0.15, -0.1) is 0 Å². The van der Waals surface area contributed by atoms with E-state index in [1.807, 2.05) is 18.2 Å². The Morgan fingerprint density at radius 1 is 1.21 bits per heavy atom. The Bertz CT molecular complexity index is 382. The van der Waals surface area contributed by atoms with Crippen molar-refractivity contribution in [2.75, 3.05) is 20.8 Å². The molecule has 0 fully saturated rings. The van der Waals surface area contributed by atoms with Crippen LogP contribution in [-0.4, -0.2) is 26.9 Å². The Hall–Kier alpha value is -1.26. The van der Waals surface area contributed by atoms with Crippen molar-refractivity contribution >= 4 is 0 Å². The number of ether oxygens (including phenoxy) is 3. The van der Waals surface area contributed by atoms with Gasteiger partial charge in [-0.1, -0.05) is 13.3 Å². The molecule has 0 aromatic heterocycles. The summed E-state index contributed by atoms with van der Waals surface area (Å²) in [6, 6.07) is 5.40. The summed E-state index contributed by atoms with van der Waals surface area (Å²) >= 11 is 0. The molecule has 19 heavy (non-hydrogen) atoms. The van der Waals surface area contributed by atoms with Gasteiger partial charge in [-0.2, -0.15) is 0 Å². The first-order chi connectivity index (χ1) is 9.12. The fourth-order valence-electron chi connectivity index (χ4n) is 1.98. The fourth-order valence-corrected chi connectivity index (χ4v) is 1.98. The Balaban J connectivity index is 2.71. The lowest BCUT2D eigenvalue weighted by Crippen LogP contribution is -2.21. The van der Waals surface area contributed by atoms with Crippen LogP contribution in [0.25, 0.3) is 0 Å². The molecule has 0 saturated carbocycles. The van der Waals surface area contributed by atoms with Crippen molar-refractivity contribution in [3.8, 4) is 11.5 Å². The highest BCUT2D eigenvalue weighted by Crippen LogP contribution is 2.28. The zero-order valence-corrected chi connectivity index (χ0v) is 12.3. The highest BCUT2D eigenvalue weighted by molar-refractivity contribution is 5.42. The van der Waals surface area contributed by atoms with Crippen LogP contribution in [0.1, 0.15) is 38.3 Å². The lowest BCUT2D eigenvalue weighted by molar-refractivity contribution is 0.0499. The largest absolute Gasteiger partial charge is 0.497 e. The second-order valence-corrected chi connectivity index (χ2v) is 4.65. The first-order valence-corrected chi connectivity index (χ1v) is 6.71. The Labute approximate surface area is 115 Å². The summed E-state index contributed by atoms with van der Waals surface area (Å²) in [5.74, 6) is 1.54. The topological polar surface area (TPSA) is 53.7 Å². The molecule has 0 radical (unpaired) electrons. The molecule has 0 heterocycles. The summed E-state index contributed by atoms with van der Waals surface area (Å²) in [5.41, 5.74) is 7.09. The molecule has 4 nitrogen and oxygen atoms in total. The van der Waals surface area contributed by atoms with Crippen LogP contribution < -0.4 is 15.2 Å². The van der Waals surface area contributed by atoms with Crippen molar-refractivity contribution in [1.82, 2.24) is 0 Å². The van der Waals surface area contributed by atoms with Gasteiger partial charge in [0.15, 0.2) is 0 Å². The van der Waals surface area contributed by atoms with E-state index in [4.69, 9.17) is 19.9 Å². The van der Waals surface area contributed by atoms with Crippen LogP contribution in [-0.2, 0) is 4.74 Å². The van der Waals surface area contributed by atoms with Crippen molar-refractivity contribution in [3.05, 3.63) is 23.8 Å². The predicted molar refractivity (Wildman–Crippen MR) is 76.8 cm³/mol. The molecule has 0 aliphatic rings. The summed E-state index contributed by atoms with van der Waals surface area (Å²) < 4.78 is 16.3. The fraction of sp³-hybridized carbons (Fsp3) is 0.600. The van der Waals surface area contributed by atoms with Gasteiger partial charge in [-0.25, -0.2) is 0 Å². The summed E-state index contributed by atoms with van der Waals surface area (Å²) in [6.45, 7) is 4.69. The molecule has 2 N–H and O–H groups in total. The zero-order valence-electron chi connectivity index (χ0n) is 12.3. The molecule has 1 aromatic carbocycles. The van der Waals surface area contributed by atoms with Crippen LogP contribution in [0.4, 0.5) is 0 Å². The average molecular weight is 267 g/mol. The Morgan fingerprint density at radius 3 is 2.53 bits per heavy atom. The molecule has 0 aliphatic heterocycles. The lowest BCUT2D eigenvalue weighted by atomic mass is 10.1. The van der Waals surface area contributed by atoms with Crippen LogP contribution in [0.3, 0.4) is 0 Å². The van der Waals surface area contributed by atoms with Gasteiger partial charge in [0.05, 0.1) is 33.0 Å². The van der Waals surface area contributed by atoms with E-state index in [1.54, 1.807) is 14.2 Å². The lowest BCUT2D eigenvalue weighted by Gasteiger charge is -2.19. The molecule has 4 heteroatoms. The maximum Gasteiger partial charge on any atom is 0.123 e. The maximum absolute atomic E-state index is 6.18. The van der Waals surface area contributed by atoms with Gasteiger partial charge in [0.2, 0.25) is 0 Å². The number of nitrogens with two attached hydrogens (primary N) is 1. The number of hydrogen-bond donors (Lipinski definition) is 1. The monoisotopic (exact) mass is 267 g/mol. The quantitative estimate of drug-likeness (QED) is 0.787. The summed E-state index contributed by atoms with van der Waals surface area (Å²) in [6.07, 6.45) is 2.38. The molecule has 2 atom stereocenters. The molecular formula is C15H25NO3. The predicted octanol–water partition coefficient (Wildman–Crippen LogP) is 2.91. The Morgan fingerprint density at radius 2 is 1.95 bits per heavy atom. The molecule has 0 saturated heterocycles.